The van der Waals surface area contributed by atoms with E-state index in [1.54, 1.807) is 0 Å². The van der Waals surface area contributed by atoms with Gasteiger partial charge in [0.2, 0.25) is 0 Å². The van der Waals surface area contributed by atoms with Crippen LogP contribution in [0.4, 0.5) is 5.69 Å². The monoisotopic (exact) mass is 272 g/mol. The maximum Gasteiger partial charge on any atom is 0.103 e. The SMILES string of the molecule is Cc1cc(NC2C(N)C3CCCOC32)c(C#N)c(C)n1. The van der Waals surface area contributed by atoms with E-state index >= 15 is 0 Å². The van der Waals surface area contributed by atoms with E-state index in [2.05, 4.69) is 16.4 Å². The Bertz CT molecular complexity index is 566. The highest BCUT2D eigenvalue weighted by molar-refractivity contribution is 5.61. The molecule has 2 heterocycles. The van der Waals surface area contributed by atoms with E-state index in [1.807, 2.05) is 19.9 Å². The van der Waals surface area contributed by atoms with Crippen molar-refractivity contribution in [1.82, 2.24) is 4.98 Å². The van der Waals surface area contributed by atoms with Crippen LogP contribution in [0.5, 0.6) is 0 Å². The Morgan fingerprint density at radius 3 is 3.05 bits per heavy atom. The van der Waals surface area contributed by atoms with Crippen LogP contribution in [0.3, 0.4) is 0 Å². The van der Waals surface area contributed by atoms with Gasteiger partial charge in [-0.25, -0.2) is 0 Å². The maximum atomic E-state index is 9.30. The molecule has 0 spiro atoms. The molecule has 0 bridgehead atoms. The second-order valence-corrected chi connectivity index (χ2v) is 5.77. The van der Waals surface area contributed by atoms with Gasteiger partial charge >= 0.3 is 0 Å². The molecule has 0 aromatic carbocycles. The average molecular weight is 272 g/mol. The summed E-state index contributed by atoms with van der Waals surface area (Å²) >= 11 is 0. The zero-order valence-corrected chi connectivity index (χ0v) is 11.9. The van der Waals surface area contributed by atoms with E-state index in [-0.39, 0.29) is 18.2 Å². The van der Waals surface area contributed by atoms with Gasteiger partial charge in [0.1, 0.15) is 6.07 Å². The number of pyridine rings is 1. The third-order valence-corrected chi connectivity index (χ3v) is 4.44. The first-order valence-corrected chi connectivity index (χ1v) is 7.14. The Morgan fingerprint density at radius 2 is 2.30 bits per heavy atom. The molecule has 5 heteroatoms. The Hall–Kier alpha value is -1.64. The Labute approximate surface area is 119 Å². The largest absolute Gasteiger partial charge is 0.377 e. The standard InChI is InChI=1S/C15H20N4O/c1-8-6-12(11(7-16)9(2)18-8)19-14-13(17)10-4-3-5-20-15(10)14/h6,10,13-15H,3-5,17H2,1-2H3,(H,18,19). The Balaban J connectivity index is 1.83. The summed E-state index contributed by atoms with van der Waals surface area (Å²) in [7, 11) is 0. The van der Waals surface area contributed by atoms with Gasteiger partial charge in [0.05, 0.1) is 29.1 Å². The summed E-state index contributed by atoms with van der Waals surface area (Å²) in [6.45, 7) is 4.60. The van der Waals surface area contributed by atoms with Crippen LogP contribution in [-0.4, -0.2) is 29.8 Å². The molecule has 5 nitrogen and oxygen atoms in total. The second-order valence-electron chi connectivity index (χ2n) is 5.77. The lowest BCUT2D eigenvalue weighted by Crippen LogP contribution is -2.69. The van der Waals surface area contributed by atoms with E-state index in [1.165, 1.54) is 0 Å². The van der Waals surface area contributed by atoms with Crippen LogP contribution >= 0.6 is 0 Å². The zero-order chi connectivity index (χ0) is 14.3. The van der Waals surface area contributed by atoms with Crippen LogP contribution in [0.25, 0.3) is 0 Å². The van der Waals surface area contributed by atoms with Gasteiger partial charge in [0.15, 0.2) is 0 Å². The predicted molar refractivity (Wildman–Crippen MR) is 76.3 cm³/mol. The lowest BCUT2D eigenvalue weighted by molar-refractivity contribution is -0.104. The average Bonchev–Trinajstić information content (AvgIpc) is 2.44. The molecule has 2 fully saturated rings. The molecule has 0 amide bonds. The molecule has 4 unspecified atom stereocenters. The number of nitrogens with zero attached hydrogens (tertiary/aromatic N) is 2. The molecular weight excluding hydrogens is 252 g/mol. The molecular formula is C15H20N4O. The molecule has 106 valence electrons. The van der Waals surface area contributed by atoms with Crippen LogP contribution in [0.15, 0.2) is 6.07 Å². The predicted octanol–water partition coefficient (Wildman–Crippen LogP) is 1.49. The third-order valence-electron chi connectivity index (χ3n) is 4.44. The van der Waals surface area contributed by atoms with E-state index in [9.17, 15) is 5.26 Å². The van der Waals surface area contributed by atoms with Crippen molar-refractivity contribution in [3.05, 3.63) is 23.0 Å². The third kappa shape index (κ3) is 2.05. The topological polar surface area (TPSA) is 84.0 Å². The minimum Gasteiger partial charge on any atom is -0.377 e. The van der Waals surface area contributed by atoms with Gasteiger partial charge in [-0.1, -0.05) is 0 Å². The molecule has 1 aliphatic carbocycles. The normalized spacial score (nSPS) is 31.9. The van der Waals surface area contributed by atoms with Crippen molar-refractivity contribution in [3.8, 4) is 6.07 Å². The highest BCUT2D eigenvalue weighted by atomic mass is 16.5. The van der Waals surface area contributed by atoms with Gasteiger partial charge < -0.3 is 15.8 Å². The molecule has 1 saturated heterocycles. The number of rotatable bonds is 2. The van der Waals surface area contributed by atoms with Gasteiger partial charge in [-0.3, -0.25) is 4.98 Å². The van der Waals surface area contributed by atoms with Crippen LogP contribution in [0.2, 0.25) is 0 Å². The fourth-order valence-electron chi connectivity index (χ4n) is 3.39. The molecule has 1 aliphatic heterocycles. The number of ether oxygens (including phenoxy) is 1. The molecule has 0 radical (unpaired) electrons. The number of hydrogen-bond donors (Lipinski definition) is 2. The number of aryl methyl sites for hydroxylation is 2. The lowest BCUT2D eigenvalue weighted by atomic mass is 9.68. The zero-order valence-electron chi connectivity index (χ0n) is 11.9. The molecule has 1 aromatic rings. The minimum absolute atomic E-state index is 0.0913. The second kappa shape index (κ2) is 5.04. The van der Waals surface area contributed by atoms with Gasteiger partial charge in [0, 0.05) is 24.3 Å². The molecule has 1 aromatic heterocycles. The first kappa shape index (κ1) is 13.3. The van der Waals surface area contributed by atoms with E-state index < -0.39 is 0 Å². The van der Waals surface area contributed by atoms with Crippen molar-refractivity contribution in [2.45, 2.75) is 44.9 Å². The highest BCUT2D eigenvalue weighted by Gasteiger charge is 2.50. The van der Waals surface area contributed by atoms with Crippen LogP contribution in [0, 0.1) is 31.1 Å². The van der Waals surface area contributed by atoms with E-state index in [0.717, 1.165) is 36.5 Å². The first-order valence-electron chi connectivity index (χ1n) is 7.14. The quantitative estimate of drug-likeness (QED) is 0.852. The van der Waals surface area contributed by atoms with Crippen molar-refractivity contribution in [2.75, 3.05) is 11.9 Å². The summed E-state index contributed by atoms with van der Waals surface area (Å²) in [5.74, 6) is 0.454. The number of fused-ring (bicyclic) bond motifs is 1. The molecule has 1 saturated carbocycles. The summed E-state index contributed by atoms with van der Waals surface area (Å²) in [5.41, 5.74) is 9.33. The fourth-order valence-corrected chi connectivity index (χ4v) is 3.39. The summed E-state index contributed by atoms with van der Waals surface area (Å²) in [6.07, 6.45) is 2.42. The Morgan fingerprint density at radius 1 is 1.50 bits per heavy atom. The summed E-state index contributed by atoms with van der Waals surface area (Å²) in [5, 5.41) is 12.7. The van der Waals surface area contributed by atoms with Crippen molar-refractivity contribution in [3.63, 3.8) is 0 Å². The van der Waals surface area contributed by atoms with Gasteiger partial charge in [-0.2, -0.15) is 5.26 Å². The van der Waals surface area contributed by atoms with Crippen molar-refractivity contribution in [1.29, 1.82) is 5.26 Å². The van der Waals surface area contributed by atoms with Gasteiger partial charge in [-0.15, -0.1) is 0 Å². The summed E-state index contributed by atoms with van der Waals surface area (Å²) in [4.78, 5) is 4.33. The van der Waals surface area contributed by atoms with Crippen LogP contribution in [-0.2, 0) is 4.74 Å². The molecule has 4 atom stereocenters. The highest BCUT2D eigenvalue weighted by Crippen LogP contribution is 2.39. The summed E-state index contributed by atoms with van der Waals surface area (Å²) < 4.78 is 5.83. The first-order chi connectivity index (χ1) is 9.61. The van der Waals surface area contributed by atoms with Gasteiger partial charge in [-0.05, 0) is 32.8 Å². The number of anilines is 1. The Kier molecular flexibility index (Phi) is 3.36. The van der Waals surface area contributed by atoms with E-state index in [0.29, 0.717) is 11.5 Å². The smallest absolute Gasteiger partial charge is 0.103 e. The molecule has 3 N–H and O–H groups in total. The number of aromatic nitrogens is 1. The minimum atomic E-state index is 0.0913. The number of nitrogens with one attached hydrogen (secondary N) is 1. The van der Waals surface area contributed by atoms with Crippen molar-refractivity contribution in [2.24, 2.45) is 11.7 Å². The summed E-state index contributed by atoms with van der Waals surface area (Å²) in [6, 6.07) is 4.33. The van der Waals surface area contributed by atoms with Crippen molar-refractivity contribution < 1.29 is 4.74 Å². The number of hydrogen-bond acceptors (Lipinski definition) is 5. The molecule has 2 aliphatic rings. The van der Waals surface area contributed by atoms with Crippen LogP contribution < -0.4 is 11.1 Å². The molecule has 3 rings (SSSR count). The van der Waals surface area contributed by atoms with Crippen molar-refractivity contribution >= 4 is 5.69 Å². The molecule has 20 heavy (non-hydrogen) atoms. The number of nitrogens with two attached hydrogens (primary N) is 1. The number of nitriles is 1. The fraction of sp³-hybridized carbons (Fsp3) is 0.600. The van der Waals surface area contributed by atoms with E-state index in [4.69, 9.17) is 10.5 Å². The van der Waals surface area contributed by atoms with Crippen LogP contribution in [0.1, 0.15) is 29.8 Å². The van der Waals surface area contributed by atoms with Gasteiger partial charge in [0.25, 0.3) is 0 Å². The lowest BCUT2D eigenvalue weighted by Gasteiger charge is -2.52. The maximum absolute atomic E-state index is 9.30.